The van der Waals surface area contributed by atoms with Gasteiger partial charge >= 0.3 is 0 Å². The number of hydrogen-bond acceptors (Lipinski definition) is 4. The van der Waals surface area contributed by atoms with Crippen molar-refractivity contribution in [3.63, 3.8) is 0 Å². The third kappa shape index (κ3) is 2.87. The van der Waals surface area contributed by atoms with Crippen molar-refractivity contribution in [3.8, 4) is 6.07 Å². The molecule has 3 rings (SSSR count). The molecular formula is C17H18N4. The van der Waals surface area contributed by atoms with Gasteiger partial charge in [0.2, 0.25) is 0 Å². The molecule has 1 aliphatic rings. The lowest BCUT2D eigenvalue weighted by atomic mass is 9.86. The predicted octanol–water partition coefficient (Wildman–Crippen LogP) is 3.12. The molecule has 106 valence electrons. The Morgan fingerprint density at radius 3 is 2.62 bits per heavy atom. The Hall–Kier alpha value is -2.41. The first-order chi connectivity index (χ1) is 10.3. The van der Waals surface area contributed by atoms with Gasteiger partial charge in [-0.3, -0.25) is 0 Å². The third-order valence-corrected chi connectivity index (χ3v) is 4.19. The molecule has 0 radical (unpaired) electrons. The number of anilines is 1. The van der Waals surface area contributed by atoms with Crippen molar-refractivity contribution in [3.05, 3.63) is 54.0 Å². The molecule has 0 spiro atoms. The summed E-state index contributed by atoms with van der Waals surface area (Å²) < 4.78 is 0. The first kappa shape index (κ1) is 13.6. The molecule has 21 heavy (non-hydrogen) atoms. The summed E-state index contributed by atoms with van der Waals surface area (Å²) >= 11 is 0. The molecule has 1 aromatic heterocycles. The average Bonchev–Trinajstić information content (AvgIpc) is 2.56. The minimum atomic E-state index is 0.366. The van der Waals surface area contributed by atoms with E-state index in [1.54, 1.807) is 12.4 Å². The normalized spacial score (nSPS) is 21.8. The highest BCUT2D eigenvalue weighted by Gasteiger charge is 2.27. The molecular weight excluding hydrogens is 260 g/mol. The Morgan fingerprint density at radius 1 is 1.19 bits per heavy atom. The highest BCUT2D eigenvalue weighted by molar-refractivity contribution is 5.40. The molecule has 1 fully saturated rings. The molecule has 4 heteroatoms. The van der Waals surface area contributed by atoms with Crippen LogP contribution >= 0.6 is 0 Å². The van der Waals surface area contributed by atoms with Crippen LogP contribution in [0.1, 0.15) is 36.9 Å². The van der Waals surface area contributed by atoms with Crippen molar-refractivity contribution in [1.82, 2.24) is 9.97 Å². The van der Waals surface area contributed by atoms with E-state index >= 15 is 0 Å². The van der Waals surface area contributed by atoms with E-state index in [4.69, 9.17) is 5.26 Å². The summed E-state index contributed by atoms with van der Waals surface area (Å²) in [7, 11) is 0. The van der Waals surface area contributed by atoms with Crippen LogP contribution in [0.25, 0.3) is 0 Å². The second-order valence-corrected chi connectivity index (χ2v) is 5.55. The summed E-state index contributed by atoms with van der Waals surface area (Å²) in [5.74, 6) is 1.48. The summed E-state index contributed by atoms with van der Waals surface area (Å²) in [5, 5.41) is 8.79. The molecule has 2 aromatic rings. The van der Waals surface area contributed by atoms with Gasteiger partial charge in [0.25, 0.3) is 0 Å². The first-order valence-electron chi connectivity index (χ1n) is 7.31. The Balaban J connectivity index is 1.72. The SMILES string of the molecule is C[C@H]1C[C@@H](c2ccccc2)CCN1c1cnc(C#N)cn1. The van der Waals surface area contributed by atoms with Crippen molar-refractivity contribution in [2.75, 3.05) is 11.4 Å². The second-order valence-electron chi connectivity index (χ2n) is 5.55. The molecule has 0 unspecified atom stereocenters. The lowest BCUT2D eigenvalue weighted by Crippen LogP contribution is -2.40. The van der Waals surface area contributed by atoms with Crippen LogP contribution in [0.4, 0.5) is 5.82 Å². The summed E-state index contributed by atoms with van der Waals surface area (Å²) in [4.78, 5) is 10.8. The maximum atomic E-state index is 8.79. The molecule has 1 aromatic carbocycles. The smallest absolute Gasteiger partial charge is 0.158 e. The van der Waals surface area contributed by atoms with E-state index in [1.165, 1.54) is 5.56 Å². The van der Waals surface area contributed by atoms with Crippen LogP contribution in [0.15, 0.2) is 42.7 Å². The summed E-state index contributed by atoms with van der Waals surface area (Å²) in [6, 6.07) is 13.1. The van der Waals surface area contributed by atoms with E-state index in [9.17, 15) is 0 Å². The molecule has 2 heterocycles. The van der Waals surface area contributed by atoms with Crippen LogP contribution in [0.2, 0.25) is 0 Å². The quantitative estimate of drug-likeness (QED) is 0.847. The number of benzene rings is 1. The average molecular weight is 278 g/mol. The highest BCUT2D eigenvalue weighted by Crippen LogP contribution is 2.33. The Kier molecular flexibility index (Phi) is 3.83. The number of hydrogen-bond donors (Lipinski definition) is 0. The number of aromatic nitrogens is 2. The van der Waals surface area contributed by atoms with Crippen molar-refractivity contribution in [2.45, 2.75) is 31.7 Å². The summed E-state index contributed by atoms with van der Waals surface area (Å²) in [5.41, 5.74) is 1.79. The molecule has 0 N–H and O–H groups in total. The largest absolute Gasteiger partial charge is 0.353 e. The van der Waals surface area contributed by atoms with Gasteiger partial charge < -0.3 is 4.90 Å². The van der Waals surface area contributed by atoms with Crippen LogP contribution in [0.5, 0.6) is 0 Å². The van der Waals surface area contributed by atoms with Crippen molar-refractivity contribution in [1.29, 1.82) is 5.26 Å². The standard InChI is InChI=1S/C17H18N4/c1-13-9-15(14-5-3-2-4-6-14)7-8-21(13)17-12-19-16(10-18)11-20-17/h2-6,11-13,15H,7-9H2,1H3/t13-,15-/m0/s1. The minimum Gasteiger partial charge on any atom is -0.353 e. The van der Waals surface area contributed by atoms with Crippen molar-refractivity contribution < 1.29 is 0 Å². The van der Waals surface area contributed by atoms with Gasteiger partial charge in [0.1, 0.15) is 11.9 Å². The maximum Gasteiger partial charge on any atom is 0.158 e. The van der Waals surface area contributed by atoms with Gasteiger partial charge in [-0.05, 0) is 31.2 Å². The Morgan fingerprint density at radius 2 is 2.00 bits per heavy atom. The Labute approximate surface area is 125 Å². The number of piperidine rings is 1. The van der Waals surface area contributed by atoms with Gasteiger partial charge in [-0.1, -0.05) is 30.3 Å². The molecule has 1 saturated heterocycles. The fourth-order valence-corrected chi connectivity index (χ4v) is 3.07. The van der Waals surface area contributed by atoms with Gasteiger partial charge in [0.15, 0.2) is 5.69 Å². The molecule has 0 bridgehead atoms. The molecule has 0 amide bonds. The lowest BCUT2D eigenvalue weighted by Gasteiger charge is -2.38. The van der Waals surface area contributed by atoms with Gasteiger partial charge in [0.05, 0.1) is 12.4 Å². The van der Waals surface area contributed by atoms with E-state index in [-0.39, 0.29) is 0 Å². The maximum absolute atomic E-state index is 8.79. The van der Waals surface area contributed by atoms with E-state index in [1.807, 2.05) is 6.07 Å². The lowest BCUT2D eigenvalue weighted by molar-refractivity contribution is 0.428. The minimum absolute atomic E-state index is 0.366. The van der Waals surface area contributed by atoms with Gasteiger partial charge in [-0.25, -0.2) is 9.97 Å². The van der Waals surface area contributed by atoms with Crippen LogP contribution < -0.4 is 4.90 Å². The van der Waals surface area contributed by atoms with Crippen LogP contribution in [0.3, 0.4) is 0 Å². The van der Waals surface area contributed by atoms with E-state index in [0.29, 0.717) is 17.7 Å². The van der Waals surface area contributed by atoms with E-state index in [0.717, 1.165) is 25.2 Å². The number of rotatable bonds is 2. The molecule has 1 aliphatic heterocycles. The Bertz CT molecular complexity index is 630. The molecule has 2 atom stereocenters. The van der Waals surface area contributed by atoms with Crippen LogP contribution in [-0.2, 0) is 0 Å². The zero-order valence-electron chi connectivity index (χ0n) is 12.1. The fourth-order valence-electron chi connectivity index (χ4n) is 3.07. The van der Waals surface area contributed by atoms with Crippen LogP contribution in [-0.4, -0.2) is 22.6 Å². The van der Waals surface area contributed by atoms with Crippen LogP contribution in [0, 0.1) is 11.3 Å². The zero-order valence-corrected chi connectivity index (χ0v) is 12.1. The topological polar surface area (TPSA) is 52.8 Å². The second kappa shape index (κ2) is 5.92. The van der Waals surface area contributed by atoms with Crippen molar-refractivity contribution >= 4 is 5.82 Å². The van der Waals surface area contributed by atoms with E-state index < -0.39 is 0 Å². The summed E-state index contributed by atoms with van der Waals surface area (Å²) in [6.45, 7) is 3.20. The van der Waals surface area contributed by atoms with Gasteiger partial charge in [0, 0.05) is 12.6 Å². The predicted molar refractivity (Wildman–Crippen MR) is 82.0 cm³/mol. The molecule has 4 nitrogen and oxygen atoms in total. The van der Waals surface area contributed by atoms with Gasteiger partial charge in [-0.15, -0.1) is 0 Å². The summed E-state index contributed by atoms with van der Waals surface area (Å²) in [6.07, 6.45) is 5.49. The van der Waals surface area contributed by atoms with Crippen molar-refractivity contribution in [2.24, 2.45) is 0 Å². The molecule has 0 aliphatic carbocycles. The monoisotopic (exact) mass is 278 g/mol. The van der Waals surface area contributed by atoms with Gasteiger partial charge in [-0.2, -0.15) is 5.26 Å². The fraction of sp³-hybridized carbons (Fsp3) is 0.353. The highest BCUT2D eigenvalue weighted by atomic mass is 15.2. The first-order valence-corrected chi connectivity index (χ1v) is 7.31. The molecule has 0 saturated carbocycles. The zero-order chi connectivity index (χ0) is 14.7. The number of nitriles is 1. The third-order valence-electron chi connectivity index (χ3n) is 4.19. The van der Waals surface area contributed by atoms with E-state index in [2.05, 4.69) is 52.1 Å². The number of nitrogens with zero attached hydrogens (tertiary/aromatic N) is 4.